The quantitative estimate of drug-likeness (QED) is 0.656. The van der Waals surface area contributed by atoms with E-state index in [1.165, 1.54) is 19.3 Å². The molecule has 0 atom stereocenters. The van der Waals surface area contributed by atoms with E-state index in [-0.39, 0.29) is 16.9 Å². The molecule has 0 radical (unpaired) electrons. The van der Waals surface area contributed by atoms with Crippen LogP contribution in [0, 0.1) is 23.2 Å². The van der Waals surface area contributed by atoms with Crippen LogP contribution >= 0.6 is 0 Å². The highest BCUT2D eigenvalue weighted by Gasteiger charge is 2.55. The molecular weight excluding hydrogens is 386 g/mol. The van der Waals surface area contributed by atoms with Crippen molar-refractivity contribution in [3.8, 4) is 0 Å². The lowest BCUT2D eigenvalue weighted by Crippen LogP contribution is -2.54. The molecule has 0 unspecified atom stereocenters. The van der Waals surface area contributed by atoms with Gasteiger partial charge in [-0.25, -0.2) is 4.79 Å². The molecule has 2 aromatic carbocycles. The van der Waals surface area contributed by atoms with Crippen molar-refractivity contribution < 1.29 is 14.7 Å². The van der Waals surface area contributed by atoms with Crippen LogP contribution in [0.4, 0.5) is 5.69 Å². The zero-order chi connectivity index (χ0) is 21.6. The molecule has 4 aliphatic carbocycles. The first kappa shape index (κ1) is 20.3. The molecule has 4 heteroatoms. The molecule has 4 bridgehead atoms. The first-order chi connectivity index (χ1) is 15.0. The Labute approximate surface area is 184 Å². The summed E-state index contributed by atoms with van der Waals surface area (Å²) < 4.78 is 0. The summed E-state index contributed by atoms with van der Waals surface area (Å²) in [5, 5.41) is 9.42. The SMILES string of the molecule is CCc1ccccc1N(Cc1cccc(C(=O)O)c1)C(=O)C12CC3CC(CC(C3)C1)C2. The number of carbonyl (C=O) groups excluding carboxylic acids is 1. The van der Waals surface area contributed by atoms with E-state index in [0.717, 1.165) is 42.5 Å². The van der Waals surface area contributed by atoms with Crippen molar-refractivity contribution >= 4 is 17.6 Å². The van der Waals surface area contributed by atoms with Crippen LogP contribution in [-0.2, 0) is 17.8 Å². The van der Waals surface area contributed by atoms with E-state index in [1.807, 2.05) is 23.1 Å². The Hall–Kier alpha value is -2.62. The number of carboxylic acid groups (broad SMARTS) is 1. The van der Waals surface area contributed by atoms with Gasteiger partial charge in [0.1, 0.15) is 0 Å². The number of nitrogens with zero attached hydrogens (tertiary/aromatic N) is 1. The highest BCUT2D eigenvalue weighted by Crippen LogP contribution is 2.60. The van der Waals surface area contributed by atoms with Gasteiger partial charge in [0.05, 0.1) is 17.5 Å². The number of carbonyl (C=O) groups is 2. The Morgan fingerprint density at radius 2 is 1.61 bits per heavy atom. The maximum absolute atomic E-state index is 14.3. The van der Waals surface area contributed by atoms with Gasteiger partial charge in [0.15, 0.2) is 0 Å². The summed E-state index contributed by atoms with van der Waals surface area (Å²) in [5.41, 5.74) is 3.04. The smallest absolute Gasteiger partial charge is 0.335 e. The van der Waals surface area contributed by atoms with Gasteiger partial charge in [-0.1, -0.05) is 37.3 Å². The molecule has 1 N–H and O–H groups in total. The third-order valence-electron chi connectivity index (χ3n) is 7.91. The number of aromatic carboxylic acids is 1. The van der Waals surface area contributed by atoms with Gasteiger partial charge in [0, 0.05) is 5.69 Å². The second-order valence-electron chi connectivity index (χ2n) is 10.1. The van der Waals surface area contributed by atoms with Gasteiger partial charge in [-0.3, -0.25) is 4.79 Å². The average Bonchev–Trinajstić information content (AvgIpc) is 2.76. The van der Waals surface area contributed by atoms with Crippen LogP contribution in [0.2, 0.25) is 0 Å². The lowest BCUT2D eigenvalue weighted by molar-refractivity contribution is -0.143. The van der Waals surface area contributed by atoms with Crippen LogP contribution in [0.25, 0.3) is 0 Å². The summed E-state index contributed by atoms with van der Waals surface area (Å²) >= 11 is 0. The largest absolute Gasteiger partial charge is 0.478 e. The van der Waals surface area contributed by atoms with Gasteiger partial charge in [0.2, 0.25) is 5.91 Å². The van der Waals surface area contributed by atoms with Crippen LogP contribution < -0.4 is 4.90 Å². The summed E-state index contributed by atoms with van der Waals surface area (Å²) in [6.45, 7) is 2.54. The van der Waals surface area contributed by atoms with Gasteiger partial charge in [-0.05, 0) is 92.0 Å². The number of hydrogen-bond acceptors (Lipinski definition) is 2. The fourth-order valence-electron chi connectivity index (χ4n) is 6.98. The van der Waals surface area contributed by atoms with Crippen molar-refractivity contribution in [1.82, 2.24) is 0 Å². The van der Waals surface area contributed by atoms with Crippen molar-refractivity contribution in [2.24, 2.45) is 23.2 Å². The fourth-order valence-corrected chi connectivity index (χ4v) is 6.98. The summed E-state index contributed by atoms with van der Waals surface area (Å²) in [6.07, 6.45) is 7.85. The van der Waals surface area contributed by atoms with E-state index in [2.05, 4.69) is 19.1 Å². The minimum Gasteiger partial charge on any atom is -0.478 e. The fraction of sp³-hybridized carbons (Fsp3) is 0.481. The van der Waals surface area contributed by atoms with Crippen LogP contribution in [0.3, 0.4) is 0 Å². The van der Waals surface area contributed by atoms with E-state index in [1.54, 1.807) is 18.2 Å². The van der Waals surface area contributed by atoms with Crippen molar-refractivity contribution in [2.45, 2.75) is 58.4 Å². The van der Waals surface area contributed by atoms with Crippen molar-refractivity contribution in [2.75, 3.05) is 4.90 Å². The number of aryl methyl sites for hydroxylation is 1. The summed E-state index contributed by atoms with van der Waals surface area (Å²) in [5.74, 6) is 1.43. The Morgan fingerprint density at radius 1 is 0.968 bits per heavy atom. The lowest BCUT2D eigenvalue weighted by atomic mass is 9.49. The normalized spacial score (nSPS) is 28.5. The highest BCUT2D eigenvalue weighted by atomic mass is 16.4. The molecule has 0 saturated heterocycles. The van der Waals surface area contributed by atoms with Crippen LogP contribution in [0.5, 0.6) is 0 Å². The minimum absolute atomic E-state index is 0.236. The number of benzene rings is 2. The predicted octanol–water partition coefficient (Wildman–Crippen LogP) is 5.70. The van der Waals surface area contributed by atoms with E-state index in [0.29, 0.717) is 24.3 Å². The molecule has 0 heterocycles. The molecular formula is C27H31NO3. The van der Waals surface area contributed by atoms with Crippen LogP contribution in [0.15, 0.2) is 48.5 Å². The second kappa shape index (κ2) is 7.81. The molecule has 4 saturated carbocycles. The highest BCUT2D eigenvalue weighted by molar-refractivity contribution is 5.98. The van der Waals surface area contributed by atoms with Crippen LogP contribution in [0.1, 0.15) is 66.9 Å². The number of amides is 1. The number of para-hydroxylation sites is 1. The molecule has 0 aromatic heterocycles. The average molecular weight is 418 g/mol. The van der Waals surface area contributed by atoms with E-state index in [9.17, 15) is 14.7 Å². The number of hydrogen-bond donors (Lipinski definition) is 1. The molecule has 4 aliphatic rings. The lowest BCUT2D eigenvalue weighted by Gasteiger charge is -2.56. The molecule has 6 rings (SSSR count). The van der Waals surface area contributed by atoms with E-state index < -0.39 is 5.97 Å². The van der Waals surface area contributed by atoms with Gasteiger partial charge in [-0.15, -0.1) is 0 Å². The van der Waals surface area contributed by atoms with Gasteiger partial charge < -0.3 is 10.0 Å². The molecule has 0 spiro atoms. The minimum atomic E-state index is -0.935. The van der Waals surface area contributed by atoms with Crippen LogP contribution in [-0.4, -0.2) is 17.0 Å². The maximum Gasteiger partial charge on any atom is 0.335 e. The number of carboxylic acids is 1. The molecule has 162 valence electrons. The van der Waals surface area contributed by atoms with E-state index in [4.69, 9.17) is 0 Å². The molecule has 0 aliphatic heterocycles. The summed E-state index contributed by atoms with van der Waals surface area (Å²) in [6, 6.07) is 15.2. The Morgan fingerprint density at radius 3 is 2.23 bits per heavy atom. The third-order valence-corrected chi connectivity index (χ3v) is 7.91. The number of rotatable bonds is 6. The van der Waals surface area contributed by atoms with Crippen molar-refractivity contribution in [3.63, 3.8) is 0 Å². The molecule has 31 heavy (non-hydrogen) atoms. The zero-order valence-electron chi connectivity index (χ0n) is 18.2. The molecule has 1 amide bonds. The first-order valence-corrected chi connectivity index (χ1v) is 11.7. The maximum atomic E-state index is 14.3. The predicted molar refractivity (Wildman–Crippen MR) is 121 cm³/mol. The first-order valence-electron chi connectivity index (χ1n) is 11.7. The Balaban J connectivity index is 1.53. The van der Waals surface area contributed by atoms with Gasteiger partial charge in [0.25, 0.3) is 0 Å². The topological polar surface area (TPSA) is 57.6 Å². The summed E-state index contributed by atoms with van der Waals surface area (Å²) in [4.78, 5) is 27.8. The van der Waals surface area contributed by atoms with E-state index >= 15 is 0 Å². The third kappa shape index (κ3) is 3.66. The molecule has 4 nitrogen and oxygen atoms in total. The standard InChI is InChI=1S/C27H31NO3/c1-2-22-7-3-4-9-24(22)28(17-18-6-5-8-23(13-18)25(29)30)26(31)27-14-19-10-20(15-27)12-21(11-19)16-27/h3-9,13,19-21H,2,10-12,14-17H2,1H3,(H,29,30). The Bertz CT molecular complexity index is 976. The molecule has 2 aromatic rings. The van der Waals surface area contributed by atoms with Crippen molar-refractivity contribution in [1.29, 1.82) is 0 Å². The van der Waals surface area contributed by atoms with Gasteiger partial charge >= 0.3 is 5.97 Å². The molecule has 4 fully saturated rings. The summed E-state index contributed by atoms with van der Waals surface area (Å²) in [7, 11) is 0. The second-order valence-corrected chi connectivity index (χ2v) is 10.1. The van der Waals surface area contributed by atoms with Crippen molar-refractivity contribution in [3.05, 3.63) is 65.2 Å². The Kier molecular flexibility index (Phi) is 5.11. The monoisotopic (exact) mass is 417 g/mol. The number of anilines is 1. The van der Waals surface area contributed by atoms with Gasteiger partial charge in [-0.2, -0.15) is 0 Å². The zero-order valence-corrected chi connectivity index (χ0v) is 18.2.